The first-order valence-corrected chi connectivity index (χ1v) is 6.17. The molecule has 0 fully saturated rings. The fraction of sp³-hybridized carbons (Fsp3) is 0.133. The van der Waals surface area contributed by atoms with Gasteiger partial charge in [-0.05, 0) is 23.3 Å². The van der Waals surface area contributed by atoms with Crippen molar-refractivity contribution >= 4 is 17.3 Å². The summed E-state index contributed by atoms with van der Waals surface area (Å²) < 4.78 is 0. The van der Waals surface area contributed by atoms with E-state index in [2.05, 4.69) is 17.0 Å². The van der Waals surface area contributed by atoms with E-state index in [1.165, 1.54) is 11.1 Å². The van der Waals surface area contributed by atoms with E-state index in [9.17, 15) is 4.79 Å². The van der Waals surface area contributed by atoms with Crippen LogP contribution in [0.25, 0.3) is 0 Å². The molecule has 0 unspecified atom stereocenters. The van der Waals surface area contributed by atoms with Gasteiger partial charge in [-0.2, -0.15) is 0 Å². The molecule has 0 saturated carbocycles. The number of fused-ring (bicyclic) bond motifs is 1. The SMILES string of the molecule is NC(=O)c1cccc(N)c1N1Cc2ccccc2C1. The van der Waals surface area contributed by atoms with Gasteiger partial charge in [0.1, 0.15) is 0 Å². The van der Waals surface area contributed by atoms with Crippen molar-refractivity contribution in [2.24, 2.45) is 5.73 Å². The summed E-state index contributed by atoms with van der Waals surface area (Å²) in [4.78, 5) is 13.6. The molecule has 0 saturated heterocycles. The van der Waals surface area contributed by atoms with Crippen molar-refractivity contribution in [3.05, 3.63) is 59.2 Å². The minimum absolute atomic E-state index is 0.446. The number of amides is 1. The standard InChI is InChI=1S/C15H15N3O/c16-13-7-3-6-12(15(17)19)14(13)18-8-10-4-1-2-5-11(10)9-18/h1-7H,8-9,16H2,(H2,17,19). The van der Waals surface area contributed by atoms with E-state index < -0.39 is 5.91 Å². The third kappa shape index (κ3) is 1.91. The molecule has 1 amide bonds. The monoisotopic (exact) mass is 253 g/mol. The van der Waals surface area contributed by atoms with Gasteiger partial charge in [-0.15, -0.1) is 0 Å². The second kappa shape index (κ2) is 4.31. The van der Waals surface area contributed by atoms with Crippen LogP contribution in [0.1, 0.15) is 21.5 Å². The van der Waals surface area contributed by atoms with E-state index in [0.29, 0.717) is 11.3 Å². The lowest BCUT2D eigenvalue weighted by molar-refractivity contribution is 0.100. The first kappa shape index (κ1) is 11.6. The van der Waals surface area contributed by atoms with Gasteiger partial charge in [0, 0.05) is 13.1 Å². The quantitative estimate of drug-likeness (QED) is 0.803. The average Bonchev–Trinajstić information content (AvgIpc) is 2.81. The van der Waals surface area contributed by atoms with Crippen LogP contribution in [-0.4, -0.2) is 5.91 Å². The molecule has 0 atom stereocenters. The minimum atomic E-state index is -0.446. The maximum Gasteiger partial charge on any atom is 0.250 e. The molecule has 0 bridgehead atoms. The van der Waals surface area contributed by atoms with Crippen molar-refractivity contribution in [1.29, 1.82) is 0 Å². The summed E-state index contributed by atoms with van der Waals surface area (Å²) in [7, 11) is 0. The number of nitrogen functional groups attached to an aromatic ring is 1. The fourth-order valence-corrected chi connectivity index (χ4v) is 2.60. The Morgan fingerprint density at radius 1 is 1.00 bits per heavy atom. The van der Waals surface area contributed by atoms with Gasteiger partial charge in [0.2, 0.25) is 0 Å². The molecular weight excluding hydrogens is 238 g/mol. The van der Waals surface area contributed by atoms with Crippen molar-refractivity contribution in [2.75, 3.05) is 10.6 Å². The number of primary amides is 1. The Morgan fingerprint density at radius 3 is 2.21 bits per heavy atom. The summed E-state index contributed by atoms with van der Waals surface area (Å²) in [6.45, 7) is 1.51. The lowest BCUT2D eigenvalue weighted by Crippen LogP contribution is -2.22. The number of carbonyl (C=O) groups is 1. The second-order valence-corrected chi connectivity index (χ2v) is 4.73. The van der Waals surface area contributed by atoms with Gasteiger partial charge in [-0.25, -0.2) is 0 Å². The van der Waals surface area contributed by atoms with Gasteiger partial charge < -0.3 is 16.4 Å². The first-order valence-electron chi connectivity index (χ1n) is 6.17. The normalized spacial score (nSPS) is 13.4. The summed E-state index contributed by atoms with van der Waals surface area (Å²) in [5, 5.41) is 0. The predicted octanol–water partition coefficient (Wildman–Crippen LogP) is 1.89. The van der Waals surface area contributed by atoms with Crippen molar-refractivity contribution in [1.82, 2.24) is 0 Å². The van der Waals surface area contributed by atoms with Gasteiger partial charge >= 0.3 is 0 Å². The molecule has 4 N–H and O–H groups in total. The van der Waals surface area contributed by atoms with E-state index in [1.54, 1.807) is 18.2 Å². The molecule has 0 radical (unpaired) electrons. The van der Waals surface area contributed by atoms with Crippen molar-refractivity contribution in [3.8, 4) is 0 Å². The van der Waals surface area contributed by atoms with Crippen LogP contribution in [0.2, 0.25) is 0 Å². The smallest absolute Gasteiger partial charge is 0.250 e. The third-order valence-electron chi connectivity index (χ3n) is 3.49. The van der Waals surface area contributed by atoms with Crippen LogP contribution >= 0.6 is 0 Å². The lowest BCUT2D eigenvalue weighted by atomic mass is 10.1. The number of carbonyl (C=O) groups excluding carboxylic acids is 1. The Morgan fingerprint density at radius 2 is 1.63 bits per heavy atom. The van der Waals surface area contributed by atoms with E-state index in [0.717, 1.165) is 18.8 Å². The molecule has 0 spiro atoms. The first-order chi connectivity index (χ1) is 9.16. The average molecular weight is 253 g/mol. The zero-order chi connectivity index (χ0) is 13.4. The summed E-state index contributed by atoms with van der Waals surface area (Å²) >= 11 is 0. The Balaban J connectivity index is 2.04. The fourth-order valence-electron chi connectivity index (χ4n) is 2.60. The van der Waals surface area contributed by atoms with E-state index in [-0.39, 0.29) is 0 Å². The Labute approximate surface area is 111 Å². The highest BCUT2D eigenvalue weighted by Crippen LogP contribution is 2.34. The van der Waals surface area contributed by atoms with Crippen molar-refractivity contribution < 1.29 is 4.79 Å². The van der Waals surface area contributed by atoms with Crippen LogP contribution in [0, 0.1) is 0 Å². The molecule has 0 aromatic heterocycles. The molecule has 1 heterocycles. The highest BCUT2D eigenvalue weighted by molar-refractivity contribution is 6.01. The highest BCUT2D eigenvalue weighted by Gasteiger charge is 2.23. The van der Waals surface area contributed by atoms with Crippen LogP contribution in [-0.2, 0) is 13.1 Å². The van der Waals surface area contributed by atoms with Crippen LogP contribution in [0.5, 0.6) is 0 Å². The van der Waals surface area contributed by atoms with Gasteiger partial charge in [0.25, 0.3) is 5.91 Å². The zero-order valence-electron chi connectivity index (χ0n) is 10.5. The van der Waals surface area contributed by atoms with Gasteiger partial charge in [0.05, 0.1) is 16.9 Å². The van der Waals surface area contributed by atoms with Gasteiger partial charge in [0.15, 0.2) is 0 Å². The maximum absolute atomic E-state index is 11.5. The molecule has 2 aromatic rings. The summed E-state index contributed by atoms with van der Waals surface area (Å²) in [6, 6.07) is 13.5. The summed E-state index contributed by atoms with van der Waals surface area (Å²) in [5.41, 5.74) is 15.8. The lowest BCUT2D eigenvalue weighted by Gasteiger charge is -2.22. The Hall–Kier alpha value is -2.49. The van der Waals surface area contributed by atoms with Crippen molar-refractivity contribution in [3.63, 3.8) is 0 Å². The number of rotatable bonds is 2. The summed E-state index contributed by atoms with van der Waals surface area (Å²) in [6.07, 6.45) is 0. The maximum atomic E-state index is 11.5. The predicted molar refractivity (Wildman–Crippen MR) is 75.7 cm³/mol. The molecule has 1 aliphatic heterocycles. The number of anilines is 2. The Kier molecular flexibility index (Phi) is 2.63. The van der Waals surface area contributed by atoms with Crippen LogP contribution in [0.3, 0.4) is 0 Å². The van der Waals surface area contributed by atoms with Gasteiger partial charge in [-0.3, -0.25) is 4.79 Å². The molecule has 19 heavy (non-hydrogen) atoms. The number of hydrogen-bond donors (Lipinski definition) is 2. The second-order valence-electron chi connectivity index (χ2n) is 4.73. The molecule has 3 rings (SSSR count). The van der Waals surface area contributed by atoms with Crippen LogP contribution in [0.15, 0.2) is 42.5 Å². The molecule has 1 aliphatic rings. The molecule has 2 aromatic carbocycles. The Bertz CT molecular complexity index is 627. The molecular formula is C15H15N3O. The van der Waals surface area contributed by atoms with Crippen LogP contribution in [0.4, 0.5) is 11.4 Å². The topological polar surface area (TPSA) is 72.3 Å². The largest absolute Gasteiger partial charge is 0.397 e. The van der Waals surface area contributed by atoms with Crippen molar-refractivity contribution in [2.45, 2.75) is 13.1 Å². The minimum Gasteiger partial charge on any atom is -0.397 e. The zero-order valence-corrected chi connectivity index (χ0v) is 10.5. The molecule has 4 nitrogen and oxygen atoms in total. The molecule has 96 valence electrons. The number of para-hydroxylation sites is 1. The van der Waals surface area contributed by atoms with Crippen LogP contribution < -0.4 is 16.4 Å². The number of benzene rings is 2. The number of nitrogens with two attached hydrogens (primary N) is 2. The number of hydrogen-bond acceptors (Lipinski definition) is 3. The van der Waals surface area contributed by atoms with E-state index in [4.69, 9.17) is 11.5 Å². The molecule has 4 heteroatoms. The third-order valence-corrected chi connectivity index (χ3v) is 3.49. The van der Waals surface area contributed by atoms with E-state index in [1.807, 2.05) is 12.1 Å². The van der Waals surface area contributed by atoms with E-state index >= 15 is 0 Å². The summed E-state index contributed by atoms with van der Waals surface area (Å²) in [5.74, 6) is -0.446. The number of nitrogens with zero attached hydrogens (tertiary/aromatic N) is 1. The highest BCUT2D eigenvalue weighted by atomic mass is 16.1. The van der Waals surface area contributed by atoms with Gasteiger partial charge in [-0.1, -0.05) is 30.3 Å². The molecule has 0 aliphatic carbocycles.